The first-order chi connectivity index (χ1) is 14.5. The average molecular weight is 445 g/mol. The second-order valence-electron chi connectivity index (χ2n) is 8.59. The molecule has 1 aliphatic rings. The first kappa shape index (κ1) is 23.6. The molecule has 1 aromatic heterocycles. The van der Waals surface area contributed by atoms with E-state index in [-0.39, 0.29) is 19.0 Å². The number of aryl methyl sites for hydroxylation is 1. The number of para-hydroxylation sites is 2. The standard InChI is InChI=1S/C25H32N2O3.ClH/c1-17(2)22-9-8-21(14-18(22)3)30-16-20(28)15-27-24-7-5-4-6-23(24)26-25(27)19-10-12-29-13-11-19;/h4-9,14,17,19-20,28H,10-13,15-16H2,1-3H3;1H. The van der Waals surface area contributed by atoms with E-state index in [1.807, 2.05) is 24.3 Å². The number of aliphatic hydroxyl groups is 1. The molecule has 2 heterocycles. The van der Waals surface area contributed by atoms with Crippen LogP contribution in [0.4, 0.5) is 0 Å². The number of benzene rings is 2. The third kappa shape index (κ3) is 5.40. The number of hydrogen-bond donors (Lipinski definition) is 1. The van der Waals surface area contributed by atoms with E-state index < -0.39 is 6.10 Å². The number of hydrogen-bond acceptors (Lipinski definition) is 4. The Labute approximate surface area is 190 Å². The van der Waals surface area contributed by atoms with Crippen LogP contribution in [-0.2, 0) is 11.3 Å². The van der Waals surface area contributed by atoms with Crippen molar-refractivity contribution in [2.75, 3.05) is 19.8 Å². The van der Waals surface area contributed by atoms with Gasteiger partial charge in [-0.3, -0.25) is 0 Å². The highest BCUT2D eigenvalue weighted by Gasteiger charge is 2.24. The van der Waals surface area contributed by atoms with E-state index in [0.717, 1.165) is 48.7 Å². The largest absolute Gasteiger partial charge is 0.491 e. The number of aliphatic hydroxyl groups excluding tert-OH is 1. The number of fused-ring (bicyclic) bond motifs is 1. The van der Waals surface area contributed by atoms with Crippen molar-refractivity contribution in [3.05, 3.63) is 59.4 Å². The fourth-order valence-electron chi connectivity index (χ4n) is 4.40. The lowest BCUT2D eigenvalue weighted by Crippen LogP contribution is -2.26. The van der Waals surface area contributed by atoms with Gasteiger partial charge in [0.1, 0.15) is 24.3 Å². The molecular formula is C25H33ClN2O3. The summed E-state index contributed by atoms with van der Waals surface area (Å²) in [5.74, 6) is 2.71. The van der Waals surface area contributed by atoms with Crippen molar-refractivity contribution in [2.45, 2.75) is 58.1 Å². The number of halogens is 1. The molecule has 0 saturated carbocycles. The molecular weight excluding hydrogens is 412 g/mol. The maximum atomic E-state index is 10.8. The number of rotatable bonds is 7. The molecule has 1 fully saturated rings. The van der Waals surface area contributed by atoms with Crippen molar-refractivity contribution in [2.24, 2.45) is 0 Å². The zero-order chi connectivity index (χ0) is 21.1. The number of ether oxygens (including phenoxy) is 2. The van der Waals surface area contributed by atoms with Crippen LogP contribution < -0.4 is 4.74 Å². The normalized spacial score (nSPS) is 15.8. The lowest BCUT2D eigenvalue weighted by Gasteiger charge is -2.24. The van der Waals surface area contributed by atoms with Gasteiger partial charge in [-0.1, -0.05) is 32.0 Å². The number of nitrogens with zero attached hydrogens (tertiary/aromatic N) is 2. The predicted octanol–water partition coefficient (Wildman–Crippen LogP) is 5.22. The number of imidazole rings is 1. The van der Waals surface area contributed by atoms with Crippen LogP contribution in [0.1, 0.15) is 55.5 Å². The van der Waals surface area contributed by atoms with Gasteiger partial charge in [0, 0.05) is 19.1 Å². The highest BCUT2D eigenvalue weighted by Crippen LogP contribution is 2.30. The summed E-state index contributed by atoms with van der Waals surface area (Å²) in [6, 6.07) is 14.3. The Morgan fingerprint density at radius 3 is 2.61 bits per heavy atom. The first-order valence-corrected chi connectivity index (χ1v) is 11.0. The highest BCUT2D eigenvalue weighted by molar-refractivity contribution is 5.85. The summed E-state index contributed by atoms with van der Waals surface area (Å²) in [7, 11) is 0. The highest BCUT2D eigenvalue weighted by atomic mass is 35.5. The van der Waals surface area contributed by atoms with Crippen molar-refractivity contribution in [1.29, 1.82) is 0 Å². The summed E-state index contributed by atoms with van der Waals surface area (Å²) in [6.07, 6.45) is 1.32. The van der Waals surface area contributed by atoms with Gasteiger partial charge in [-0.25, -0.2) is 4.98 Å². The van der Waals surface area contributed by atoms with Crippen molar-refractivity contribution in [3.8, 4) is 5.75 Å². The molecule has 6 heteroatoms. The minimum atomic E-state index is -0.619. The molecule has 0 amide bonds. The molecule has 4 rings (SSSR count). The Morgan fingerprint density at radius 1 is 1.16 bits per heavy atom. The summed E-state index contributed by atoms with van der Waals surface area (Å²) in [5.41, 5.74) is 4.59. The molecule has 0 radical (unpaired) electrons. The monoisotopic (exact) mass is 444 g/mol. The molecule has 168 valence electrons. The van der Waals surface area contributed by atoms with Gasteiger partial charge in [-0.05, 0) is 61.1 Å². The molecule has 0 bridgehead atoms. The van der Waals surface area contributed by atoms with Crippen molar-refractivity contribution in [3.63, 3.8) is 0 Å². The van der Waals surface area contributed by atoms with Crippen molar-refractivity contribution in [1.82, 2.24) is 9.55 Å². The Bertz CT molecular complexity index is 996. The molecule has 1 atom stereocenters. The Morgan fingerprint density at radius 2 is 1.90 bits per heavy atom. The number of aromatic nitrogens is 2. The topological polar surface area (TPSA) is 56.5 Å². The van der Waals surface area contributed by atoms with Gasteiger partial charge < -0.3 is 19.1 Å². The Kier molecular flexibility index (Phi) is 7.98. The fourth-order valence-corrected chi connectivity index (χ4v) is 4.40. The summed E-state index contributed by atoms with van der Waals surface area (Å²) in [6.45, 7) is 8.75. The van der Waals surface area contributed by atoms with Crippen LogP contribution in [0.25, 0.3) is 11.0 Å². The third-order valence-corrected chi connectivity index (χ3v) is 5.97. The van der Waals surface area contributed by atoms with E-state index in [2.05, 4.69) is 43.5 Å². The SMILES string of the molecule is Cc1cc(OCC(O)Cn2c(C3CCOCC3)nc3ccccc32)ccc1C(C)C.Cl. The van der Waals surface area contributed by atoms with E-state index in [1.54, 1.807) is 0 Å². The zero-order valence-electron chi connectivity index (χ0n) is 18.6. The predicted molar refractivity (Wildman–Crippen MR) is 127 cm³/mol. The molecule has 5 nitrogen and oxygen atoms in total. The summed E-state index contributed by atoms with van der Waals surface area (Å²) >= 11 is 0. The molecule has 1 aliphatic heterocycles. The lowest BCUT2D eigenvalue weighted by molar-refractivity contribution is 0.0780. The van der Waals surface area contributed by atoms with E-state index in [4.69, 9.17) is 14.5 Å². The molecule has 1 N–H and O–H groups in total. The van der Waals surface area contributed by atoms with Crippen LogP contribution in [0.3, 0.4) is 0 Å². The second kappa shape index (κ2) is 10.5. The van der Waals surface area contributed by atoms with E-state index >= 15 is 0 Å². The summed E-state index contributed by atoms with van der Waals surface area (Å²) in [5, 5.41) is 10.8. The van der Waals surface area contributed by atoms with Crippen LogP contribution in [0.2, 0.25) is 0 Å². The van der Waals surface area contributed by atoms with Crippen LogP contribution in [0.15, 0.2) is 42.5 Å². The fraction of sp³-hybridized carbons (Fsp3) is 0.480. The molecule has 3 aromatic rings. The van der Waals surface area contributed by atoms with Gasteiger partial charge in [-0.2, -0.15) is 0 Å². The van der Waals surface area contributed by atoms with Gasteiger partial charge in [0.05, 0.1) is 17.6 Å². The maximum absolute atomic E-state index is 10.8. The Hall–Kier alpha value is -2.08. The van der Waals surface area contributed by atoms with Gasteiger partial charge in [0.25, 0.3) is 0 Å². The lowest BCUT2D eigenvalue weighted by atomic mass is 9.98. The third-order valence-electron chi connectivity index (χ3n) is 5.97. The van der Waals surface area contributed by atoms with Gasteiger partial charge in [0.2, 0.25) is 0 Å². The van der Waals surface area contributed by atoms with Crippen LogP contribution in [-0.4, -0.2) is 40.6 Å². The first-order valence-electron chi connectivity index (χ1n) is 11.0. The second-order valence-corrected chi connectivity index (χ2v) is 8.59. The van der Waals surface area contributed by atoms with Crippen LogP contribution in [0.5, 0.6) is 5.75 Å². The minimum Gasteiger partial charge on any atom is -0.491 e. The molecule has 0 aliphatic carbocycles. The van der Waals surface area contributed by atoms with Gasteiger partial charge in [-0.15, -0.1) is 12.4 Å². The summed E-state index contributed by atoms with van der Waals surface area (Å²) in [4.78, 5) is 4.90. The molecule has 0 spiro atoms. The van der Waals surface area contributed by atoms with Crippen LogP contribution in [0, 0.1) is 6.92 Å². The van der Waals surface area contributed by atoms with E-state index in [1.165, 1.54) is 11.1 Å². The quantitative estimate of drug-likeness (QED) is 0.542. The molecule has 31 heavy (non-hydrogen) atoms. The van der Waals surface area contributed by atoms with Gasteiger partial charge >= 0.3 is 0 Å². The molecule has 1 unspecified atom stereocenters. The average Bonchev–Trinajstić information content (AvgIpc) is 3.11. The molecule has 2 aromatic carbocycles. The Balaban J connectivity index is 0.00000272. The zero-order valence-corrected chi connectivity index (χ0v) is 19.4. The van der Waals surface area contributed by atoms with Gasteiger partial charge in [0.15, 0.2) is 0 Å². The summed E-state index contributed by atoms with van der Waals surface area (Å²) < 4.78 is 13.6. The van der Waals surface area contributed by atoms with Crippen LogP contribution >= 0.6 is 12.4 Å². The van der Waals surface area contributed by atoms with Crippen molar-refractivity contribution >= 4 is 23.4 Å². The maximum Gasteiger partial charge on any atom is 0.119 e. The smallest absolute Gasteiger partial charge is 0.119 e. The van der Waals surface area contributed by atoms with E-state index in [9.17, 15) is 5.11 Å². The molecule has 1 saturated heterocycles. The minimum absolute atomic E-state index is 0. The van der Waals surface area contributed by atoms with E-state index in [0.29, 0.717) is 18.4 Å². The van der Waals surface area contributed by atoms with Crippen molar-refractivity contribution < 1.29 is 14.6 Å².